The predicted molar refractivity (Wildman–Crippen MR) is 128 cm³/mol. The molecule has 9 heteroatoms. The second-order valence-electron chi connectivity index (χ2n) is 8.20. The molecule has 0 saturated carbocycles. The molecule has 178 valence electrons. The largest absolute Gasteiger partial charge is 0.381 e. The van der Waals surface area contributed by atoms with Crippen molar-refractivity contribution in [1.82, 2.24) is 4.98 Å². The molecule has 34 heavy (non-hydrogen) atoms. The highest BCUT2D eigenvalue weighted by molar-refractivity contribution is 5.98. The van der Waals surface area contributed by atoms with Gasteiger partial charge in [0.2, 0.25) is 0 Å². The second-order valence-corrected chi connectivity index (χ2v) is 8.20. The van der Waals surface area contributed by atoms with Crippen molar-refractivity contribution in [3.05, 3.63) is 77.5 Å². The van der Waals surface area contributed by atoms with Crippen LogP contribution < -0.4 is 21.3 Å². The molecule has 4 rings (SSSR count). The van der Waals surface area contributed by atoms with E-state index in [1.165, 1.54) is 18.3 Å². The fraction of sp³-hybridized carbons (Fsp3) is 0.280. The molecule has 0 spiro atoms. The Morgan fingerprint density at radius 2 is 1.79 bits per heavy atom. The number of hydrogen-bond donors (Lipinski definition) is 3. The highest BCUT2D eigenvalue weighted by Gasteiger charge is 2.19. The van der Waals surface area contributed by atoms with Gasteiger partial charge in [-0.1, -0.05) is 0 Å². The first kappa shape index (κ1) is 23.4. The first-order valence-corrected chi connectivity index (χ1v) is 11.0. The molecule has 3 aromatic rings. The van der Waals surface area contributed by atoms with Gasteiger partial charge in [0.25, 0.3) is 5.91 Å². The van der Waals surface area contributed by atoms with Gasteiger partial charge in [-0.2, -0.15) is 0 Å². The third-order valence-corrected chi connectivity index (χ3v) is 5.85. The molecule has 4 N–H and O–H groups in total. The van der Waals surface area contributed by atoms with Gasteiger partial charge in [0.05, 0.1) is 17.4 Å². The van der Waals surface area contributed by atoms with Gasteiger partial charge in [-0.3, -0.25) is 4.79 Å². The zero-order valence-corrected chi connectivity index (χ0v) is 18.9. The maximum Gasteiger partial charge on any atom is 0.252 e. The number of anilines is 4. The molecular weight excluding hydrogens is 440 g/mol. The molecule has 2 heterocycles. The standard InChI is InChI=1S/C25H27F2N5O2/c1-34-21-6-8-32(9-7-21)20-4-2-19(3-5-20)31-24-13-23(22(15-30-24)25(28)33)29-14-16-10-17(26)12-18(27)11-16/h2-5,10-13,15,21H,6-9,14H2,1H3,(H2,28,33)(H2,29,30,31). The number of carbonyl (C=O) groups excluding carboxylic acids is 1. The molecule has 0 bridgehead atoms. The molecule has 1 aliphatic heterocycles. The Labute approximate surface area is 196 Å². The molecule has 0 aliphatic carbocycles. The number of halogens is 2. The van der Waals surface area contributed by atoms with E-state index in [0.29, 0.717) is 23.2 Å². The normalized spacial score (nSPS) is 14.1. The van der Waals surface area contributed by atoms with Crippen molar-refractivity contribution in [2.24, 2.45) is 5.73 Å². The summed E-state index contributed by atoms with van der Waals surface area (Å²) in [6.07, 6.45) is 3.71. The number of aromatic nitrogens is 1. The molecule has 1 aromatic heterocycles. The second kappa shape index (κ2) is 10.5. The Balaban J connectivity index is 1.45. The van der Waals surface area contributed by atoms with Crippen molar-refractivity contribution >= 4 is 28.8 Å². The number of amides is 1. The number of rotatable bonds is 8. The van der Waals surface area contributed by atoms with E-state index >= 15 is 0 Å². The lowest BCUT2D eigenvalue weighted by atomic mass is 10.1. The van der Waals surface area contributed by atoms with Crippen LogP contribution in [0.5, 0.6) is 0 Å². The quantitative estimate of drug-likeness (QED) is 0.454. The molecule has 7 nitrogen and oxygen atoms in total. The maximum absolute atomic E-state index is 13.5. The summed E-state index contributed by atoms with van der Waals surface area (Å²) in [6.45, 7) is 2.00. The Bertz CT molecular complexity index is 1130. The van der Waals surface area contributed by atoms with E-state index in [0.717, 1.165) is 43.4 Å². The van der Waals surface area contributed by atoms with Gasteiger partial charge in [0.15, 0.2) is 0 Å². The lowest BCUT2D eigenvalue weighted by Crippen LogP contribution is -2.36. The Morgan fingerprint density at radius 3 is 2.41 bits per heavy atom. The van der Waals surface area contributed by atoms with E-state index in [1.54, 1.807) is 13.2 Å². The van der Waals surface area contributed by atoms with Crippen molar-refractivity contribution in [2.75, 3.05) is 35.7 Å². The summed E-state index contributed by atoms with van der Waals surface area (Å²) in [6, 6.07) is 12.9. The van der Waals surface area contributed by atoms with Gasteiger partial charge in [0, 0.05) is 56.4 Å². The van der Waals surface area contributed by atoms with Crippen molar-refractivity contribution < 1.29 is 18.3 Å². The lowest BCUT2D eigenvalue weighted by Gasteiger charge is -2.33. The number of benzene rings is 2. The molecule has 1 amide bonds. The highest BCUT2D eigenvalue weighted by atomic mass is 19.1. The number of hydrogen-bond acceptors (Lipinski definition) is 6. The summed E-state index contributed by atoms with van der Waals surface area (Å²) in [5, 5.41) is 6.23. The molecule has 1 saturated heterocycles. The third-order valence-electron chi connectivity index (χ3n) is 5.85. The van der Waals surface area contributed by atoms with Crippen molar-refractivity contribution in [3.8, 4) is 0 Å². The van der Waals surface area contributed by atoms with E-state index in [9.17, 15) is 13.6 Å². The molecule has 0 radical (unpaired) electrons. The minimum Gasteiger partial charge on any atom is -0.381 e. The number of methoxy groups -OCH3 is 1. The average molecular weight is 468 g/mol. The first-order chi connectivity index (χ1) is 16.4. The van der Waals surface area contributed by atoms with E-state index < -0.39 is 17.5 Å². The minimum atomic E-state index is -0.671. The lowest BCUT2D eigenvalue weighted by molar-refractivity contribution is 0.0819. The summed E-state index contributed by atoms with van der Waals surface area (Å²) in [7, 11) is 1.76. The first-order valence-electron chi connectivity index (χ1n) is 11.0. The maximum atomic E-state index is 13.5. The monoisotopic (exact) mass is 467 g/mol. The van der Waals surface area contributed by atoms with E-state index in [2.05, 4.69) is 20.5 Å². The third kappa shape index (κ3) is 5.79. The van der Waals surface area contributed by atoms with Crippen LogP contribution in [0.1, 0.15) is 28.8 Å². The zero-order valence-electron chi connectivity index (χ0n) is 18.9. The summed E-state index contributed by atoms with van der Waals surface area (Å²) in [4.78, 5) is 18.4. The number of primary amides is 1. The Morgan fingerprint density at radius 1 is 1.12 bits per heavy atom. The van der Waals surface area contributed by atoms with Gasteiger partial charge < -0.3 is 26.0 Å². The fourth-order valence-corrected chi connectivity index (χ4v) is 4.03. The van der Waals surface area contributed by atoms with Gasteiger partial charge >= 0.3 is 0 Å². The molecule has 2 aromatic carbocycles. The molecular formula is C25H27F2N5O2. The van der Waals surface area contributed by atoms with Crippen molar-refractivity contribution in [2.45, 2.75) is 25.5 Å². The molecule has 0 unspecified atom stereocenters. The Kier molecular flexibility index (Phi) is 7.22. The van der Waals surface area contributed by atoms with E-state index in [-0.39, 0.29) is 12.1 Å². The van der Waals surface area contributed by atoms with Crippen LogP contribution in [-0.4, -0.2) is 37.2 Å². The molecule has 1 fully saturated rings. The van der Waals surface area contributed by atoms with Gasteiger partial charge in [-0.15, -0.1) is 0 Å². The fourth-order valence-electron chi connectivity index (χ4n) is 4.03. The van der Waals surface area contributed by atoms with Crippen LogP contribution >= 0.6 is 0 Å². The van der Waals surface area contributed by atoms with Crippen LogP contribution in [-0.2, 0) is 11.3 Å². The predicted octanol–water partition coefficient (Wildman–Crippen LogP) is 4.43. The van der Waals surface area contributed by atoms with Crippen molar-refractivity contribution in [3.63, 3.8) is 0 Å². The summed E-state index contributed by atoms with van der Waals surface area (Å²) < 4.78 is 32.4. The van der Waals surface area contributed by atoms with Crippen LogP contribution in [0, 0.1) is 11.6 Å². The van der Waals surface area contributed by atoms with Gasteiger partial charge in [0.1, 0.15) is 17.5 Å². The van der Waals surface area contributed by atoms with Gasteiger partial charge in [-0.05, 0) is 54.8 Å². The van der Waals surface area contributed by atoms with E-state index in [1.807, 2.05) is 24.3 Å². The number of carbonyl (C=O) groups is 1. The number of nitrogens with zero attached hydrogens (tertiary/aromatic N) is 2. The van der Waals surface area contributed by atoms with E-state index in [4.69, 9.17) is 10.5 Å². The minimum absolute atomic E-state index is 0.104. The van der Waals surface area contributed by atoms with Crippen LogP contribution in [0.2, 0.25) is 0 Å². The zero-order chi connectivity index (χ0) is 24.1. The number of pyridine rings is 1. The van der Waals surface area contributed by atoms with Crippen LogP contribution in [0.15, 0.2) is 54.7 Å². The number of nitrogens with two attached hydrogens (primary N) is 1. The number of piperidine rings is 1. The highest BCUT2D eigenvalue weighted by Crippen LogP contribution is 2.26. The van der Waals surface area contributed by atoms with Gasteiger partial charge in [-0.25, -0.2) is 13.8 Å². The SMILES string of the molecule is COC1CCN(c2ccc(Nc3cc(NCc4cc(F)cc(F)c4)c(C(N)=O)cn3)cc2)CC1. The van der Waals surface area contributed by atoms with Crippen molar-refractivity contribution in [1.29, 1.82) is 0 Å². The Hall–Kier alpha value is -3.72. The summed E-state index contributed by atoms with van der Waals surface area (Å²) in [5.74, 6) is -1.51. The van der Waals surface area contributed by atoms with Crippen LogP contribution in [0.3, 0.4) is 0 Å². The summed E-state index contributed by atoms with van der Waals surface area (Å²) in [5.41, 5.74) is 8.42. The number of ether oxygens (including phenoxy) is 1. The summed E-state index contributed by atoms with van der Waals surface area (Å²) >= 11 is 0. The molecule has 1 aliphatic rings. The topological polar surface area (TPSA) is 92.5 Å². The average Bonchev–Trinajstić information content (AvgIpc) is 2.83. The van der Waals surface area contributed by atoms with Crippen LogP contribution in [0.25, 0.3) is 0 Å². The number of nitrogens with one attached hydrogen (secondary N) is 2. The smallest absolute Gasteiger partial charge is 0.252 e. The molecule has 0 atom stereocenters. The van der Waals surface area contributed by atoms with Crippen LogP contribution in [0.4, 0.5) is 31.7 Å².